The van der Waals surface area contributed by atoms with Crippen molar-refractivity contribution in [1.29, 1.82) is 0 Å². The summed E-state index contributed by atoms with van der Waals surface area (Å²) >= 11 is 0. The summed E-state index contributed by atoms with van der Waals surface area (Å²) in [6.07, 6.45) is 0.430. The number of rotatable bonds is 5. The van der Waals surface area contributed by atoms with E-state index in [1.54, 1.807) is 22.9 Å². The van der Waals surface area contributed by atoms with E-state index in [9.17, 15) is 9.18 Å². The number of carbonyl (C=O) groups is 1. The van der Waals surface area contributed by atoms with Gasteiger partial charge in [-0.15, -0.1) is 0 Å². The molecule has 3 heterocycles. The van der Waals surface area contributed by atoms with Crippen molar-refractivity contribution < 1.29 is 18.4 Å². The molecule has 1 aliphatic heterocycles. The van der Waals surface area contributed by atoms with E-state index >= 15 is 0 Å². The standard InChI is InChI=1S/C20H21FN4O3/c1-12-17(13(2)28-24-12)7-8-22-20(26)18-9-16-11-27-19(10-25(16)23-18)14-3-5-15(21)6-4-14/h3-6,9,19H,7-8,10-11H2,1-2H3,(H,22,26). The number of carbonyl (C=O) groups excluding carboxylic acids is 1. The zero-order valence-corrected chi connectivity index (χ0v) is 15.7. The second kappa shape index (κ2) is 7.55. The number of aromatic nitrogens is 3. The van der Waals surface area contributed by atoms with Crippen LogP contribution in [0, 0.1) is 19.7 Å². The quantitative estimate of drug-likeness (QED) is 0.731. The lowest BCUT2D eigenvalue weighted by Gasteiger charge is -2.24. The third-order valence-corrected chi connectivity index (χ3v) is 4.95. The molecule has 0 radical (unpaired) electrons. The van der Waals surface area contributed by atoms with Crippen molar-refractivity contribution in [1.82, 2.24) is 20.3 Å². The minimum Gasteiger partial charge on any atom is -0.365 e. The molecule has 4 rings (SSSR count). The van der Waals surface area contributed by atoms with Gasteiger partial charge in [-0.25, -0.2) is 4.39 Å². The van der Waals surface area contributed by atoms with Crippen LogP contribution < -0.4 is 5.32 Å². The lowest BCUT2D eigenvalue weighted by molar-refractivity contribution is -0.00123. The van der Waals surface area contributed by atoms with Crippen LogP contribution in [0.3, 0.4) is 0 Å². The van der Waals surface area contributed by atoms with E-state index in [-0.39, 0.29) is 17.8 Å². The van der Waals surface area contributed by atoms with E-state index in [4.69, 9.17) is 9.26 Å². The van der Waals surface area contributed by atoms with Crippen LogP contribution >= 0.6 is 0 Å². The Hall–Kier alpha value is -3.00. The highest BCUT2D eigenvalue weighted by atomic mass is 19.1. The van der Waals surface area contributed by atoms with Gasteiger partial charge in [-0.1, -0.05) is 17.3 Å². The molecule has 1 aliphatic rings. The lowest BCUT2D eigenvalue weighted by Crippen LogP contribution is -2.26. The van der Waals surface area contributed by atoms with Gasteiger partial charge in [-0.3, -0.25) is 9.48 Å². The highest BCUT2D eigenvalue weighted by molar-refractivity contribution is 5.92. The number of nitrogens with one attached hydrogen (secondary N) is 1. The smallest absolute Gasteiger partial charge is 0.271 e. The molecule has 8 heteroatoms. The van der Waals surface area contributed by atoms with Crippen LogP contribution in [0.25, 0.3) is 0 Å². The normalized spacial score (nSPS) is 16.0. The van der Waals surface area contributed by atoms with Gasteiger partial charge in [0.05, 0.1) is 24.5 Å². The zero-order chi connectivity index (χ0) is 19.7. The minimum atomic E-state index is -0.283. The van der Waals surface area contributed by atoms with E-state index in [1.165, 1.54) is 12.1 Å². The van der Waals surface area contributed by atoms with E-state index in [0.29, 0.717) is 31.8 Å². The third-order valence-electron chi connectivity index (χ3n) is 4.95. The monoisotopic (exact) mass is 384 g/mol. The molecule has 146 valence electrons. The van der Waals surface area contributed by atoms with Crippen molar-refractivity contribution >= 4 is 5.91 Å². The topological polar surface area (TPSA) is 82.2 Å². The number of hydrogen-bond acceptors (Lipinski definition) is 5. The number of nitrogens with zero attached hydrogens (tertiary/aromatic N) is 3. The first-order chi connectivity index (χ1) is 13.5. The Kier molecular flexibility index (Phi) is 4.95. The summed E-state index contributed by atoms with van der Waals surface area (Å²) in [5, 5.41) is 11.2. The molecule has 0 saturated carbocycles. The Labute approximate surface area is 161 Å². The first-order valence-electron chi connectivity index (χ1n) is 9.15. The van der Waals surface area contributed by atoms with Gasteiger partial charge in [-0.2, -0.15) is 5.10 Å². The molecule has 1 atom stereocenters. The Morgan fingerprint density at radius 2 is 2.11 bits per heavy atom. The van der Waals surface area contributed by atoms with Crippen molar-refractivity contribution in [3.8, 4) is 0 Å². The maximum absolute atomic E-state index is 13.1. The summed E-state index contributed by atoms with van der Waals surface area (Å²) < 4.78 is 25.9. The fourth-order valence-corrected chi connectivity index (χ4v) is 3.37. The molecule has 0 fully saturated rings. The van der Waals surface area contributed by atoms with Gasteiger partial charge in [0.1, 0.15) is 17.7 Å². The molecular weight excluding hydrogens is 363 g/mol. The highest BCUT2D eigenvalue weighted by Crippen LogP contribution is 2.26. The molecule has 1 amide bonds. The largest absolute Gasteiger partial charge is 0.365 e. The molecule has 7 nitrogen and oxygen atoms in total. The van der Waals surface area contributed by atoms with Gasteiger partial charge in [0.2, 0.25) is 0 Å². The molecule has 28 heavy (non-hydrogen) atoms. The van der Waals surface area contributed by atoms with Crippen molar-refractivity contribution in [2.45, 2.75) is 39.5 Å². The van der Waals surface area contributed by atoms with Gasteiger partial charge in [0.15, 0.2) is 5.69 Å². The molecule has 0 spiro atoms. The summed E-state index contributed by atoms with van der Waals surface area (Å²) in [7, 11) is 0. The first kappa shape index (κ1) is 18.4. The molecule has 1 N–H and O–H groups in total. The summed E-state index contributed by atoms with van der Waals surface area (Å²) in [4.78, 5) is 12.4. The van der Waals surface area contributed by atoms with Crippen LogP contribution in [0.15, 0.2) is 34.9 Å². The molecule has 0 bridgehead atoms. The number of hydrogen-bond donors (Lipinski definition) is 1. The van der Waals surface area contributed by atoms with E-state index in [1.807, 2.05) is 13.8 Å². The maximum Gasteiger partial charge on any atom is 0.271 e. The number of benzene rings is 1. The van der Waals surface area contributed by atoms with Gasteiger partial charge in [-0.05, 0) is 44.0 Å². The first-order valence-corrected chi connectivity index (χ1v) is 9.15. The molecule has 1 unspecified atom stereocenters. The maximum atomic E-state index is 13.1. The number of aryl methyl sites for hydroxylation is 2. The van der Waals surface area contributed by atoms with Crippen molar-refractivity contribution in [3.05, 3.63) is 70.1 Å². The minimum absolute atomic E-state index is 0.219. The van der Waals surface area contributed by atoms with Crippen LogP contribution in [0.2, 0.25) is 0 Å². The molecule has 2 aromatic heterocycles. The van der Waals surface area contributed by atoms with Crippen LogP contribution in [-0.4, -0.2) is 27.4 Å². The average molecular weight is 384 g/mol. The molecular formula is C20H21FN4O3. The fourth-order valence-electron chi connectivity index (χ4n) is 3.37. The van der Waals surface area contributed by atoms with Gasteiger partial charge >= 0.3 is 0 Å². The van der Waals surface area contributed by atoms with Crippen LogP contribution in [0.4, 0.5) is 4.39 Å². The Balaban J connectivity index is 1.38. The van der Waals surface area contributed by atoms with Crippen LogP contribution in [0.5, 0.6) is 0 Å². The second-order valence-electron chi connectivity index (χ2n) is 6.86. The highest BCUT2D eigenvalue weighted by Gasteiger charge is 2.24. The zero-order valence-electron chi connectivity index (χ0n) is 15.7. The lowest BCUT2D eigenvalue weighted by atomic mass is 10.1. The van der Waals surface area contributed by atoms with Gasteiger partial charge in [0.25, 0.3) is 5.91 Å². The number of halogens is 1. The summed E-state index contributed by atoms with van der Waals surface area (Å²) in [6.45, 7) is 5.04. The van der Waals surface area contributed by atoms with Gasteiger partial charge in [0, 0.05) is 12.1 Å². The molecule has 1 aromatic carbocycles. The van der Waals surface area contributed by atoms with Crippen molar-refractivity contribution in [3.63, 3.8) is 0 Å². The van der Waals surface area contributed by atoms with Crippen molar-refractivity contribution in [2.24, 2.45) is 0 Å². The third kappa shape index (κ3) is 3.68. The Morgan fingerprint density at radius 3 is 2.82 bits per heavy atom. The van der Waals surface area contributed by atoms with Crippen LogP contribution in [0.1, 0.15) is 44.9 Å². The predicted octanol–water partition coefficient (Wildman–Crippen LogP) is 2.87. The fraction of sp³-hybridized carbons (Fsp3) is 0.350. The van der Waals surface area contributed by atoms with E-state index in [0.717, 1.165) is 28.3 Å². The Bertz CT molecular complexity index is 974. The Morgan fingerprint density at radius 1 is 1.32 bits per heavy atom. The summed E-state index contributed by atoms with van der Waals surface area (Å²) in [5.74, 6) is 0.259. The van der Waals surface area contributed by atoms with E-state index < -0.39 is 0 Å². The van der Waals surface area contributed by atoms with E-state index in [2.05, 4.69) is 15.6 Å². The second-order valence-corrected chi connectivity index (χ2v) is 6.86. The SMILES string of the molecule is Cc1noc(C)c1CCNC(=O)c1cc2n(n1)CC(c1ccc(F)cc1)OC2. The molecule has 0 saturated heterocycles. The number of fused-ring (bicyclic) bond motifs is 1. The molecule has 3 aromatic rings. The summed E-state index contributed by atoms with van der Waals surface area (Å²) in [5.41, 5.74) is 3.94. The predicted molar refractivity (Wildman–Crippen MR) is 98.2 cm³/mol. The average Bonchev–Trinajstić information content (AvgIpc) is 3.26. The summed E-state index contributed by atoms with van der Waals surface area (Å²) in [6, 6.07) is 7.98. The number of amides is 1. The van der Waals surface area contributed by atoms with Gasteiger partial charge < -0.3 is 14.6 Å². The van der Waals surface area contributed by atoms with Crippen LogP contribution in [-0.2, 0) is 24.3 Å². The number of ether oxygens (including phenoxy) is 1. The molecule has 0 aliphatic carbocycles. The van der Waals surface area contributed by atoms with Crippen molar-refractivity contribution in [2.75, 3.05) is 6.54 Å².